The van der Waals surface area contributed by atoms with Crippen LogP contribution in [0.3, 0.4) is 0 Å². The maximum atomic E-state index is 9.35. The maximum absolute atomic E-state index is 9.35. The third-order valence-corrected chi connectivity index (χ3v) is 4.99. The number of aromatic hydroxyl groups is 1. The molecular formula is C15H18N4OS2. The van der Waals surface area contributed by atoms with Crippen molar-refractivity contribution in [2.24, 2.45) is 0 Å². The lowest BCUT2D eigenvalue weighted by atomic mass is 10.3. The lowest BCUT2D eigenvalue weighted by Gasteiger charge is -2.15. The zero-order valence-corrected chi connectivity index (χ0v) is 13.2. The van der Waals surface area contributed by atoms with Gasteiger partial charge in [-0.1, -0.05) is 18.8 Å². The minimum absolute atomic E-state index is 0. The highest BCUT2D eigenvalue weighted by Crippen LogP contribution is 2.35. The number of nitrogens with two attached hydrogens (primary N) is 1. The largest absolute Gasteiger partial charge is 0.508 e. The van der Waals surface area contributed by atoms with E-state index in [-0.39, 0.29) is 13.2 Å². The average Bonchev–Trinajstić information content (AvgIpc) is 3.05. The van der Waals surface area contributed by atoms with E-state index in [1.54, 1.807) is 23.5 Å². The van der Waals surface area contributed by atoms with Crippen LogP contribution in [0.15, 0.2) is 29.6 Å². The monoisotopic (exact) mass is 334 g/mol. The van der Waals surface area contributed by atoms with Crippen LogP contribution in [-0.2, 0) is 0 Å². The van der Waals surface area contributed by atoms with E-state index in [1.165, 1.54) is 11.3 Å². The summed E-state index contributed by atoms with van der Waals surface area (Å²) in [7, 11) is 1.95. The first-order valence-corrected chi connectivity index (χ1v) is 7.96. The molecule has 3 N–H and O–H groups in total. The molecule has 3 aromatic rings. The van der Waals surface area contributed by atoms with E-state index in [1.807, 2.05) is 36.4 Å². The van der Waals surface area contributed by atoms with Crippen molar-refractivity contribution >= 4 is 38.6 Å². The van der Waals surface area contributed by atoms with Crippen LogP contribution in [0.5, 0.6) is 5.75 Å². The Kier molecular flexibility index (Phi) is 4.68. The second-order valence-electron chi connectivity index (χ2n) is 4.56. The molecule has 2 aromatic heterocycles. The molecule has 0 aliphatic carbocycles. The van der Waals surface area contributed by atoms with E-state index in [2.05, 4.69) is 9.97 Å². The van der Waals surface area contributed by atoms with E-state index in [0.29, 0.717) is 5.13 Å². The number of aryl methyl sites for hydroxylation is 1. The number of hydrogen-bond acceptors (Lipinski definition) is 7. The molecule has 0 spiro atoms. The van der Waals surface area contributed by atoms with Crippen LogP contribution in [0.25, 0.3) is 10.6 Å². The molecule has 0 aliphatic rings. The Bertz CT molecular complexity index is 764. The lowest BCUT2D eigenvalue weighted by molar-refractivity contribution is 0.475. The number of thiazole rings is 2. The number of nitrogen functional groups attached to an aromatic ring is 1. The third kappa shape index (κ3) is 3.05. The quantitative estimate of drug-likeness (QED) is 0.748. The van der Waals surface area contributed by atoms with Gasteiger partial charge in [-0.15, -0.1) is 11.3 Å². The van der Waals surface area contributed by atoms with Gasteiger partial charge in [0.15, 0.2) is 10.3 Å². The fraction of sp³-hybridized carbons (Fsp3) is 0.200. The van der Waals surface area contributed by atoms with Crippen LogP contribution in [0.2, 0.25) is 0 Å². The zero-order chi connectivity index (χ0) is 15.0. The zero-order valence-electron chi connectivity index (χ0n) is 11.6. The summed E-state index contributed by atoms with van der Waals surface area (Å²) in [6.07, 6.45) is 0. The first-order valence-electron chi connectivity index (χ1n) is 6.26. The van der Waals surface area contributed by atoms with Gasteiger partial charge in [0.25, 0.3) is 0 Å². The Morgan fingerprint density at radius 1 is 1.18 bits per heavy atom. The molecule has 0 bridgehead atoms. The molecule has 2 heterocycles. The smallest absolute Gasteiger partial charge is 0.190 e. The molecule has 5 nitrogen and oxygen atoms in total. The summed E-state index contributed by atoms with van der Waals surface area (Å²) in [5.41, 5.74) is 8.50. The molecule has 0 aliphatic heterocycles. The molecule has 0 amide bonds. The normalized spacial score (nSPS) is 10.3. The van der Waals surface area contributed by atoms with E-state index in [0.717, 1.165) is 27.1 Å². The molecule has 0 saturated heterocycles. The van der Waals surface area contributed by atoms with Gasteiger partial charge in [-0.3, -0.25) is 0 Å². The first kappa shape index (κ1) is 16.3. The van der Waals surface area contributed by atoms with Gasteiger partial charge in [0.05, 0.1) is 16.3 Å². The summed E-state index contributed by atoms with van der Waals surface area (Å²) in [6, 6.07) is 7.03. The molecule has 0 saturated carbocycles. The standard InChI is InChI=1S/C14H14N4OS2.CH4/c1-8-12(21-13(15)16-8)11-7-20-14(17-11)18(2)9-3-5-10(19)6-4-9;/h3-7,19H,1-2H3,(H2,15,16);1H4. The SMILES string of the molecule is C.Cc1nc(N)sc1-c1csc(N(C)c2ccc(O)cc2)n1. The Balaban J connectivity index is 0.00000176. The molecule has 116 valence electrons. The summed E-state index contributed by atoms with van der Waals surface area (Å²) >= 11 is 3.01. The number of hydrogen-bond donors (Lipinski definition) is 2. The number of nitrogens with zero attached hydrogens (tertiary/aromatic N) is 3. The van der Waals surface area contributed by atoms with Gasteiger partial charge < -0.3 is 15.7 Å². The van der Waals surface area contributed by atoms with Gasteiger partial charge in [0, 0.05) is 18.1 Å². The number of anilines is 3. The van der Waals surface area contributed by atoms with Crippen molar-refractivity contribution in [2.75, 3.05) is 17.7 Å². The Hall–Kier alpha value is -2.12. The minimum Gasteiger partial charge on any atom is -0.508 e. The molecule has 0 fully saturated rings. The van der Waals surface area contributed by atoms with E-state index in [4.69, 9.17) is 5.73 Å². The Labute approximate surface area is 137 Å². The van der Waals surface area contributed by atoms with Crippen molar-refractivity contribution in [1.82, 2.24) is 9.97 Å². The third-order valence-electron chi connectivity index (χ3n) is 3.06. The first-order chi connectivity index (χ1) is 10.0. The molecule has 0 radical (unpaired) electrons. The summed E-state index contributed by atoms with van der Waals surface area (Å²) in [6.45, 7) is 1.94. The molecule has 3 rings (SSSR count). The van der Waals surface area contributed by atoms with Crippen molar-refractivity contribution in [2.45, 2.75) is 14.4 Å². The second kappa shape index (κ2) is 6.33. The number of phenols is 1. The van der Waals surface area contributed by atoms with Crippen LogP contribution >= 0.6 is 22.7 Å². The number of phenolic OH excluding ortho intramolecular Hbond substituents is 1. The van der Waals surface area contributed by atoms with Crippen LogP contribution in [0.1, 0.15) is 13.1 Å². The van der Waals surface area contributed by atoms with Gasteiger partial charge in [0.2, 0.25) is 0 Å². The van der Waals surface area contributed by atoms with Gasteiger partial charge in [-0.25, -0.2) is 9.97 Å². The van der Waals surface area contributed by atoms with E-state index >= 15 is 0 Å². The summed E-state index contributed by atoms with van der Waals surface area (Å²) < 4.78 is 0. The Morgan fingerprint density at radius 2 is 1.86 bits per heavy atom. The predicted octanol–water partition coefficient (Wildman–Crippen LogP) is 4.27. The van der Waals surface area contributed by atoms with Gasteiger partial charge >= 0.3 is 0 Å². The van der Waals surface area contributed by atoms with Gasteiger partial charge in [-0.05, 0) is 31.2 Å². The highest BCUT2D eigenvalue weighted by atomic mass is 32.1. The molecule has 7 heteroatoms. The van der Waals surface area contributed by atoms with E-state index < -0.39 is 0 Å². The van der Waals surface area contributed by atoms with Crippen molar-refractivity contribution in [3.05, 3.63) is 35.3 Å². The molecule has 0 atom stereocenters. The summed E-state index contributed by atoms with van der Waals surface area (Å²) in [4.78, 5) is 11.9. The second-order valence-corrected chi connectivity index (χ2v) is 6.42. The van der Waals surface area contributed by atoms with Crippen molar-refractivity contribution in [1.29, 1.82) is 0 Å². The maximum Gasteiger partial charge on any atom is 0.190 e. The van der Waals surface area contributed by atoms with Crippen LogP contribution in [-0.4, -0.2) is 22.1 Å². The highest BCUT2D eigenvalue weighted by molar-refractivity contribution is 7.19. The lowest BCUT2D eigenvalue weighted by Crippen LogP contribution is -2.08. The Morgan fingerprint density at radius 3 is 2.45 bits per heavy atom. The van der Waals surface area contributed by atoms with Gasteiger partial charge in [0.1, 0.15) is 5.75 Å². The predicted molar refractivity (Wildman–Crippen MR) is 95.3 cm³/mol. The molecular weight excluding hydrogens is 316 g/mol. The summed E-state index contributed by atoms with van der Waals surface area (Å²) in [5, 5.41) is 12.8. The van der Waals surface area contributed by atoms with Crippen molar-refractivity contribution < 1.29 is 5.11 Å². The minimum atomic E-state index is 0. The fourth-order valence-electron chi connectivity index (χ4n) is 1.96. The number of aromatic nitrogens is 2. The average molecular weight is 334 g/mol. The summed E-state index contributed by atoms with van der Waals surface area (Å²) in [5.74, 6) is 0.253. The number of benzene rings is 1. The molecule has 0 unspecified atom stereocenters. The van der Waals surface area contributed by atoms with Crippen LogP contribution < -0.4 is 10.6 Å². The highest BCUT2D eigenvalue weighted by Gasteiger charge is 2.14. The molecule has 1 aromatic carbocycles. The van der Waals surface area contributed by atoms with Crippen LogP contribution in [0.4, 0.5) is 16.0 Å². The van der Waals surface area contributed by atoms with Crippen molar-refractivity contribution in [3.8, 4) is 16.3 Å². The fourth-order valence-corrected chi connectivity index (χ4v) is 3.64. The topological polar surface area (TPSA) is 75.3 Å². The van der Waals surface area contributed by atoms with Crippen LogP contribution in [0, 0.1) is 6.92 Å². The van der Waals surface area contributed by atoms with E-state index in [9.17, 15) is 5.11 Å². The molecule has 22 heavy (non-hydrogen) atoms. The number of rotatable bonds is 3. The van der Waals surface area contributed by atoms with Crippen molar-refractivity contribution in [3.63, 3.8) is 0 Å². The van der Waals surface area contributed by atoms with Gasteiger partial charge in [-0.2, -0.15) is 0 Å².